The quantitative estimate of drug-likeness (QED) is 0.114. The fourth-order valence-corrected chi connectivity index (χ4v) is 3.77. The average molecular weight is 522 g/mol. The smallest absolute Gasteiger partial charge is 0.739 e. The summed E-state index contributed by atoms with van der Waals surface area (Å²) in [6.45, 7) is 14.6. The van der Waals surface area contributed by atoms with Crippen molar-refractivity contribution in [2.24, 2.45) is 0 Å². The van der Waals surface area contributed by atoms with E-state index in [1.54, 1.807) is 62.3 Å². The third-order valence-electron chi connectivity index (χ3n) is 3.27. The van der Waals surface area contributed by atoms with Gasteiger partial charge < -0.3 is 18.8 Å². The maximum absolute atomic E-state index is 12.9. The predicted octanol–water partition coefficient (Wildman–Crippen LogP) is 1.24. The number of carbonyl (C=O) groups excluding carboxylic acids is 3. The second-order valence-corrected chi connectivity index (χ2v) is 13.5. The van der Waals surface area contributed by atoms with E-state index in [9.17, 15) is 27.4 Å². The Balaban J connectivity index is 0. The molecular formula is C20H36NNaO9S2. The van der Waals surface area contributed by atoms with Crippen molar-refractivity contribution in [2.45, 2.75) is 104 Å². The van der Waals surface area contributed by atoms with Gasteiger partial charge in [-0.05, 0) is 92.4 Å². The summed E-state index contributed by atoms with van der Waals surface area (Å²) < 4.78 is 48.3. The van der Waals surface area contributed by atoms with Gasteiger partial charge in [0.2, 0.25) is 0 Å². The van der Waals surface area contributed by atoms with Crippen molar-refractivity contribution < 1.29 is 71.1 Å². The van der Waals surface area contributed by atoms with Crippen molar-refractivity contribution in [2.75, 3.05) is 5.75 Å². The van der Waals surface area contributed by atoms with Crippen LogP contribution in [0.2, 0.25) is 0 Å². The molecule has 0 bridgehead atoms. The second-order valence-electron chi connectivity index (χ2n) is 10.1. The standard InChI is InChI=1S/C20H37NO9S2.Na/c1-18(2,3)28-15(22)14(12-10-11-13-31-32(25,26)27)21(16(23)29-19(4,5)6)17(24)30-20(7,8)9;/h14H,10-13H2,1-9H3,(H,25,26,27);/q;+1/p-1/t14-;/m0./s1. The number of rotatable bonds is 8. The summed E-state index contributed by atoms with van der Waals surface area (Å²) in [5.74, 6) is -0.829. The van der Waals surface area contributed by atoms with Gasteiger partial charge in [-0.1, -0.05) is 0 Å². The van der Waals surface area contributed by atoms with Gasteiger partial charge in [-0.3, -0.25) is 0 Å². The number of carbonyl (C=O) groups is 3. The molecule has 0 heterocycles. The first kappa shape index (κ1) is 34.6. The van der Waals surface area contributed by atoms with E-state index in [4.69, 9.17) is 14.2 Å². The Morgan fingerprint density at radius 1 is 0.818 bits per heavy atom. The summed E-state index contributed by atoms with van der Waals surface area (Å²) in [5, 5.41) is 0. The zero-order chi connectivity index (χ0) is 25.5. The summed E-state index contributed by atoms with van der Waals surface area (Å²) in [6, 6.07) is -1.37. The number of hydrogen-bond donors (Lipinski definition) is 0. The molecule has 0 rings (SSSR count). The Kier molecular flexibility index (Phi) is 14.2. The van der Waals surface area contributed by atoms with Gasteiger partial charge in [0.15, 0.2) is 0 Å². The van der Waals surface area contributed by atoms with Crippen LogP contribution in [-0.4, -0.2) is 64.6 Å². The Labute approximate surface area is 223 Å². The molecule has 188 valence electrons. The van der Waals surface area contributed by atoms with Crippen LogP contribution in [0.15, 0.2) is 0 Å². The van der Waals surface area contributed by atoms with Crippen LogP contribution in [0.25, 0.3) is 0 Å². The molecule has 0 spiro atoms. The minimum atomic E-state index is -4.43. The maximum atomic E-state index is 12.9. The molecule has 0 aliphatic carbocycles. The SMILES string of the molecule is CC(C)(C)OC(=O)[C@H](CCCCSS(=O)(=O)[O-])N(C(=O)OC(C)(C)C)C(=O)OC(C)(C)C.[Na+]. The average Bonchev–Trinajstić information content (AvgIpc) is 2.46. The summed E-state index contributed by atoms with van der Waals surface area (Å²) in [6.07, 6.45) is -1.69. The summed E-state index contributed by atoms with van der Waals surface area (Å²) >= 11 is 0. The first-order chi connectivity index (χ1) is 14.1. The van der Waals surface area contributed by atoms with Crippen LogP contribution in [-0.2, 0) is 28.2 Å². The molecule has 0 aromatic carbocycles. The third kappa shape index (κ3) is 17.5. The fraction of sp³-hybridized carbons (Fsp3) is 0.850. The number of amides is 2. The van der Waals surface area contributed by atoms with E-state index in [0.29, 0.717) is 4.90 Å². The number of nitrogens with zero attached hydrogens (tertiary/aromatic N) is 1. The van der Waals surface area contributed by atoms with Crippen LogP contribution in [0.5, 0.6) is 0 Å². The zero-order valence-electron chi connectivity index (χ0n) is 21.3. The molecule has 0 saturated heterocycles. The van der Waals surface area contributed by atoms with Gasteiger partial charge in [-0.25, -0.2) is 22.8 Å². The van der Waals surface area contributed by atoms with Crippen LogP contribution in [0.3, 0.4) is 0 Å². The molecule has 0 aromatic heterocycles. The van der Waals surface area contributed by atoms with E-state index in [0.717, 1.165) is 0 Å². The third-order valence-corrected chi connectivity index (χ3v) is 5.38. The van der Waals surface area contributed by atoms with E-state index in [-0.39, 0.29) is 65.4 Å². The van der Waals surface area contributed by atoms with Crippen molar-refractivity contribution in [1.29, 1.82) is 0 Å². The molecule has 0 saturated carbocycles. The molecule has 33 heavy (non-hydrogen) atoms. The van der Waals surface area contributed by atoms with Gasteiger partial charge >= 0.3 is 47.7 Å². The van der Waals surface area contributed by atoms with Gasteiger partial charge in [-0.2, -0.15) is 4.90 Å². The molecular weight excluding hydrogens is 485 g/mol. The van der Waals surface area contributed by atoms with Gasteiger partial charge in [0.1, 0.15) is 32.0 Å². The monoisotopic (exact) mass is 521 g/mol. The van der Waals surface area contributed by atoms with Crippen LogP contribution < -0.4 is 29.6 Å². The van der Waals surface area contributed by atoms with Crippen molar-refractivity contribution in [3.63, 3.8) is 0 Å². The summed E-state index contributed by atoms with van der Waals surface area (Å²) in [7, 11) is -4.19. The van der Waals surface area contributed by atoms with Gasteiger partial charge in [0.25, 0.3) is 0 Å². The van der Waals surface area contributed by atoms with E-state index in [2.05, 4.69) is 0 Å². The summed E-state index contributed by atoms with van der Waals surface area (Å²) in [5.41, 5.74) is -2.79. The fourth-order valence-electron chi connectivity index (χ4n) is 2.27. The van der Waals surface area contributed by atoms with E-state index >= 15 is 0 Å². The molecule has 1 atom stereocenters. The first-order valence-electron chi connectivity index (χ1n) is 10.2. The van der Waals surface area contributed by atoms with Crippen LogP contribution >= 0.6 is 10.8 Å². The Morgan fingerprint density at radius 3 is 1.55 bits per heavy atom. The van der Waals surface area contributed by atoms with Crippen LogP contribution in [0.1, 0.15) is 81.6 Å². The second kappa shape index (κ2) is 13.5. The number of esters is 1. The number of ether oxygens (including phenoxy) is 3. The first-order valence-corrected chi connectivity index (χ1v) is 13.1. The Morgan fingerprint density at radius 2 is 1.21 bits per heavy atom. The Hall–Kier alpha value is -0.530. The van der Waals surface area contributed by atoms with Gasteiger partial charge in [0.05, 0.1) is 0 Å². The molecule has 0 aliphatic rings. The normalized spacial score (nSPS) is 13.4. The molecule has 13 heteroatoms. The van der Waals surface area contributed by atoms with Crippen molar-refractivity contribution >= 4 is 38.1 Å². The molecule has 0 unspecified atom stereocenters. The van der Waals surface area contributed by atoms with Crippen molar-refractivity contribution in [3.05, 3.63) is 0 Å². The van der Waals surface area contributed by atoms with E-state index in [1.807, 2.05) is 0 Å². The van der Waals surface area contributed by atoms with Crippen molar-refractivity contribution in [1.82, 2.24) is 4.90 Å². The minimum absolute atomic E-state index is 0. The van der Waals surface area contributed by atoms with E-state index < -0.39 is 50.2 Å². The van der Waals surface area contributed by atoms with Crippen LogP contribution in [0, 0.1) is 0 Å². The van der Waals surface area contributed by atoms with Gasteiger partial charge in [-0.15, -0.1) is 0 Å². The molecule has 0 radical (unpaired) electrons. The minimum Gasteiger partial charge on any atom is -0.739 e. The number of unbranched alkanes of at least 4 members (excludes halogenated alkanes) is 1. The predicted molar refractivity (Wildman–Crippen MR) is 120 cm³/mol. The number of hydrogen-bond acceptors (Lipinski definition) is 10. The zero-order valence-corrected chi connectivity index (χ0v) is 25.0. The van der Waals surface area contributed by atoms with Crippen LogP contribution in [0.4, 0.5) is 9.59 Å². The van der Waals surface area contributed by atoms with E-state index in [1.165, 1.54) is 0 Å². The molecule has 0 aliphatic heterocycles. The molecule has 0 fully saturated rings. The molecule has 2 amide bonds. The molecule has 10 nitrogen and oxygen atoms in total. The largest absolute Gasteiger partial charge is 1.00 e. The summed E-state index contributed by atoms with van der Waals surface area (Å²) in [4.78, 5) is 39.3. The maximum Gasteiger partial charge on any atom is 1.00 e. The Bertz CT molecular complexity index is 738. The molecule has 0 aromatic rings. The molecule has 0 N–H and O–H groups in total. The number of imide groups is 1. The van der Waals surface area contributed by atoms with Crippen molar-refractivity contribution in [3.8, 4) is 0 Å². The topological polar surface area (TPSA) is 139 Å². The van der Waals surface area contributed by atoms with Gasteiger partial charge in [0, 0.05) is 5.75 Å².